The highest BCUT2D eigenvalue weighted by Crippen LogP contribution is 2.23. The molecule has 3 aliphatic rings. The molecule has 3 fully saturated rings. The van der Waals surface area contributed by atoms with Crippen LogP contribution in [-0.2, 0) is 4.74 Å². The van der Waals surface area contributed by atoms with E-state index >= 15 is 0 Å². The van der Waals surface area contributed by atoms with E-state index in [2.05, 4.69) is 10.2 Å². The van der Waals surface area contributed by atoms with Gasteiger partial charge in [-0.05, 0) is 51.6 Å². The summed E-state index contributed by atoms with van der Waals surface area (Å²) in [5, 5.41) is 3.57. The first-order valence-corrected chi connectivity index (χ1v) is 7.01. The van der Waals surface area contributed by atoms with E-state index < -0.39 is 0 Å². The van der Waals surface area contributed by atoms with Crippen LogP contribution in [0.2, 0.25) is 0 Å². The zero-order valence-electron chi connectivity index (χ0n) is 10.2. The summed E-state index contributed by atoms with van der Waals surface area (Å²) in [6, 6.07) is 0.821. The van der Waals surface area contributed by atoms with Crippen LogP contribution in [0.4, 0.5) is 0 Å². The number of hydrogen-bond donors (Lipinski definition) is 1. The normalized spacial score (nSPS) is 36.0. The SMILES string of the molecule is C1CCN(CC2CCC(CNC3CC3)O2)C1. The molecule has 0 aromatic rings. The summed E-state index contributed by atoms with van der Waals surface area (Å²) in [6.07, 6.45) is 9.08. The van der Waals surface area contributed by atoms with Crippen molar-refractivity contribution in [1.82, 2.24) is 10.2 Å². The summed E-state index contributed by atoms with van der Waals surface area (Å²) in [4.78, 5) is 2.57. The van der Waals surface area contributed by atoms with Gasteiger partial charge in [-0.2, -0.15) is 0 Å². The maximum Gasteiger partial charge on any atom is 0.0707 e. The van der Waals surface area contributed by atoms with Crippen molar-refractivity contribution < 1.29 is 4.74 Å². The van der Waals surface area contributed by atoms with Crippen molar-refractivity contribution in [3.8, 4) is 0 Å². The van der Waals surface area contributed by atoms with E-state index in [-0.39, 0.29) is 0 Å². The molecule has 1 saturated carbocycles. The summed E-state index contributed by atoms with van der Waals surface area (Å²) >= 11 is 0. The molecule has 2 atom stereocenters. The molecule has 3 rings (SSSR count). The van der Waals surface area contributed by atoms with Gasteiger partial charge in [0.05, 0.1) is 12.2 Å². The maximum atomic E-state index is 6.10. The number of rotatable bonds is 5. The van der Waals surface area contributed by atoms with Gasteiger partial charge in [0.1, 0.15) is 0 Å². The highest BCUT2D eigenvalue weighted by Gasteiger charge is 2.29. The molecule has 16 heavy (non-hydrogen) atoms. The second kappa shape index (κ2) is 5.03. The van der Waals surface area contributed by atoms with Gasteiger partial charge in [-0.15, -0.1) is 0 Å². The summed E-state index contributed by atoms with van der Waals surface area (Å²) in [7, 11) is 0. The van der Waals surface area contributed by atoms with Gasteiger partial charge in [0.2, 0.25) is 0 Å². The van der Waals surface area contributed by atoms with Crippen LogP contribution in [0.5, 0.6) is 0 Å². The van der Waals surface area contributed by atoms with E-state index in [1.165, 1.54) is 58.2 Å². The predicted molar refractivity (Wildman–Crippen MR) is 64.6 cm³/mol. The molecule has 3 nitrogen and oxygen atoms in total. The van der Waals surface area contributed by atoms with Crippen molar-refractivity contribution in [1.29, 1.82) is 0 Å². The van der Waals surface area contributed by atoms with Gasteiger partial charge in [0.25, 0.3) is 0 Å². The Labute approximate surface area is 98.5 Å². The van der Waals surface area contributed by atoms with Crippen molar-refractivity contribution in [3.05, 3.63) is 0 Å². The highest BCUT2D eigenvalue weighted by atomic mass is 16.5. The smallest absolute Gasteiger partial charge is 0.0707 e. The average molecular weight is 224 g/mol. The van der Waals surface area contributed by atoms with Crippen molar-refractivity contribution in [2.75, 3.05) is 26.2 Å². The van der Waals surface area contributed by atoms with E-state index in [9.17, 15) is 0 Å². The number of nitrogens with zero attached hydrogens (tertiary/aromatic N) is 1. The first-order chi connectivity index (χ1) is 7.90. The largest absolute Gasteiger partial charge is 0.372 e. The van der Waals surface area contributed by atoms with Crippen LogP contribution >= 0.6 is 0 Å². The molecule has 0 aromatic heterocycles. The Bertz CT molecular complexity index is 224. The molecule has 2 heterocycles. The predicted octanol–water partition coefficient (Wildman–Crippen LogP) is 1.38. The number of likely N-dealkylation sites (tertiary alicyclic amines) is 1. The Kier molecular flexibility index (Phi) is 3.46. The van der Waals surface area contributed by atoms with Crippen LogP contribution in [0.15, 0.2) is 0 Å². The molecule has 2 unspecified atom stereocenters. The van der Waals surface area contributed by atoms with E-state index in [1.54, 1.807) is 0 Å². The fourth-order valence-corrected chi connectivity index (χ4v) is 2.90. The molecule has 0 aromatic carbocycles. The summed E-state index contributed by atoms with van der Waals surface area (Å²) in [6.45, 7) is 4.86. The van der Waals surface area contributed by atoms with E-state index in [0.29, 0.717) is 12.2 Å². The summed E-state index contributed by atoms with van der Waals surface area (Å²) < 4.78 is 6.10. The molecule has 3 heteroatoms. The molecule has 0 radical (unpaired) electrons. The van der Waals surface area contributed by atoms with Crippen molar-refractivity contribution in [2.45, 2.75) is 56.8 Å². The van der Waals surface area contributed by atoms with Crippen molar-refractivity contribution in [3.63, 3.8) is 0 Å². The highest BCUT2D eigenvalue weighted by molar-refractivity contribution is 4.85. The van der Waals surface area contributed by atoms with Crippen LogP contribution in [0.3, 0.4) is 0 Å². The van der Waals surface area contributed by atoms with Crippen LogP contribution in [0.1, 0.15) is 38.5 Å². The molecular weight excluding hydrogens is 200 g/mol. The van der Waals surface area contributed by atoms with Gasteiger partial charge in [-0.1, -0.05) is 0 Å². The minimum absolute atomic E-state index is 0.494. The minimum Gasteiger partial charge on any atom is -0.372 e. The first-order valence-electron chi connectivity index (χ1n) is 7.01. The molecular formula is C13H24N2O. The molecule has 2 saturated heterocycles. The summed E-state index contributed by atoms with van der Waals surface area (Å²) in [5.74, 6) is 0. The lowest BCUT2D eigenvalue weighted by Gasteiger charge is -2.20. The van der Waals surface area contributed by atoms with Crippen LogP contribution in [0.25, 0.3) is 0 Å². The molecule has 1 aliphatic carbocycles. The third kappa shape index (κ3) is 2.96. The van der Waals surface area contributed by atoms with Gasteiger partial charge in [0.15, 0.2) is 0 Å². The van der Waals surface area contributed by atoms with Crippen molar-refractivity contribution in [2.24, 2.45) is 0 Å². The summed E-state index contributed by atoms with van der Waals surface area (Å²) in [5.41, 5.74) is 0. The topological polar surface area (TPSA) is 24.5 Å². The third-order valence-corrected chi connectivity index (χ3v) is 4.07. The average Bonchev–Trinajstić information content (AvgIpc) is 2.78. The second-order valence-electron chi connectivity index (χ2n) is 5.65. The van der Waals surface area contributed by atoms with Crippen LogP contribution in [0, 0.1) is 0 Å². The second-order valence-corrected chi connectivity index (χ2v) is 5.65. The quantitative estimate of drug-likeness (QED) is 0.763. The Morgan fingerprint density at radius 3 is 2.50 bits per heavy atom. The minimum atomic E-state index is 0.494. The van der Waals surface area contributed by atoms with Gasteiger partial charge in [-0.25, -0.2) is 0 Å². The lowest BCUT2D eigenvalue weighted by atomic mass is 10.2. The van der Waals surface area contributed by atoms with Crippen LogP contribution < -0.4 is 5.32 Å². The standard InChI is InChI=1S/C13H24N2O/c1-2-8-15(7-1)10-13-6-5-12(16-13)9-14-11-3-4-11/h11-14H,1-10H2. The molecule has 0 amide bonds. The third-order valence-electron chi connectivity index (χ3n) is 4.07. The van der Waals surface area contributed by atoms with Gasteiger partial charge in [0, 0.05) is 19.1 Å². The van der Waals surface area contributed by atoms with Gasteiger partial charge in [-0.3, -0.25) is 0 Å². The van der Waals surface area contributed by atoms with E-state index in [1.807, 2.05) is 0 Å². The van der Waals surface area contributed by atoms with Gasteiger partial charge >= 0.3 is 0 Å². The number of ether oxygens (including phenoxy) is 1. The van der Waals surface area contributed by atoms with E-state index in [0.717, 1.165) is 12.6 Å². The monoisotopic (exact) mass is 224 g/mol. The Morgan fingerprint density at radius 2 is 1.75 bits per heavy atom. The first kappa shape index (κ1) is 11.0. The number of nitrogens with one attached hydrogen (secondary N) is 1. The zero-order chi connectivity index (χ0) is 10.8. The zero-order valence-corrected chi connectivity index (χ0v) is 10.2. The molecule has 92 valence electrons. The lowest BCUT2D eigenvalue weighted by molar-refractivity contribution is 0.0274. The maximum absolute atomic E-state index is 6.10. The fourth-order valence-electron chi connectivity index (χ4n) is 2.90. The Hall–Kier alpha value is -0.120. The van der Waals surface area contributed by atoms with Gasteiger partial charge < -0.3 is 15.0 Å². The fraction of sp³-hybridized carbons (Fsp3) is 1.00. The molecule has 0 spiro atoms. The van der Waals surface area contributed by atoms with E-state index in [4.69, 9.17) is 4.74 Å². The molecule has 0 bridgehead atoms. The lowest BCUT2D eigenvalue weighted by Crippen LogP contribution is -2.32. The van der Waals surface area contributed by atoms with Crippen LogP contribution in [-0.4, -0.2) is 49.3 Å². The molecule has 1 N–H and O–H groups in total. The Balaban J connectivity index is 1.34. The van der Waals surface area contributed by atoms with Crippen molar-refractivity contribution >= 4 is 0 Å². The molecule has 2 aliphatic heterocycles. The number of hydrogen-bond acceptors (Lipinski definition) is 3. The Morgan fingerprint density at radius 1 is 1.00 bits per heavy atom.